The minimum Gasteiger partial charge on any atom is -0.461 e. The van der Waals surface area contributed by atoms with Crippen molar-refractivity contribution in [1.29, 1.82) is 0 Å². The van der Waals surface area contributed by atoms with Crippen molar-refractivity contribution in [2.75, 3.05) is 0 Å². The van der Waals surface area contributed by atoms with Gasteiger partial charge in [0.1, 0.15) is 0 Å². The maximum absolute atomic E-state index is 11.2. The maximum atomic E-state index is 11.2. The molecule has 0 bridgehead atoms. The number of halogens is 1. The van der Waals surface area contributed by atoms with Crippen molar-refractivity contribution >= 4 is 33.6 Å². The number of thioether (sulfide) groups is 1. The van der Waals surface area contributed by atoms with Gasteiger partial charge < -0.3 is 14.6 Å². The zero-order chi connectivity index (χ0) is 20.2. The SMILES string of the molecule is NC(=O)CCn1c(SCc2nnc(-c3ccc(Br)cc3)o2)nnc1-c1ccco1. The first-order chi connectivity index (χ1) is 14.1. The predicted molar refractivity (Wildman–Crippen MR) is 109 cm³/mol. The molecule has 0 fully saturated rings. The smallest absolute Gasteiger partial charge is 0.247 e. The minimum atomic E-state index is -0.406. The first-order valence-electron chi connectivity index (χ1n) is 8.56. The van der Waals surface area contributed by atoms with Crippen LogP contribution in [0, 0.1) is 0 Å². The van der Waals surface area contributed by atoms with E-state index in [-0.39, 0.29) is 6.42 Å². The zero-order valence-corrected chi connectivity index (χ0v) is 17.4. The van der Waals surface area contributed by atoms with Gasteiger partial charge in [-0.2, -0.15) is 0 Å². The molecule has 0 aliphatic rings. The third-order valence-corrected chi connectivity index (χ3v) is 5.40. The van der Waals surface area contributed by atoms with Gasteiger partial charge in [-0.1, -0.05) is 27.7 Å². The molecule has 2 N–H and O–H groups in total. The first-order valence-corrected chi connectivity index (χ1v) is 10.3. The van der Waals surface area contributed by atoms with Gasteiger partial charge in [0.15, 0.2) is 16.7 Å². The van der Waals surface area contributed by atoms with Crippen molar-refractivity contribution in [2.45, 2.75) is 23.9 Å². The van der Waals surface area contributed by atoms with E-state index >= 15 is 0 Å². The van der Waals surface area contributed by atoms with Crippen molar-refractivity contribution in [3.05, 3.63) is 53.0 Å². The van der Waals surface area contributed by atoms with E-state index in [1.165, 1.54) is 11.8 Å². The van der Waals surface area contributed by atoms with Crippen LogP contribution in [-0.2, 0) is 17.1 Å². The molecule has 29 heavy (non-hydrogen) atoms. The molecule has 148 valence electrons. The number of primary amides is 1. The summed E-state index contributed by atoms with van der Waals surface area (Å²) >= 11 is 4.77. The van der Waals surface area contributed by atoms with E-state index in [0.717, 1.165) is 10.0 Å². The number of hydrogen-bond donors (Lipinski definition) is 1. The lowest BCUT2D eigenvalue weighted by Gasteiger charge is -2.07. The Labute approximate surface area is 177 Å². The molecule has 3 aromatic heterocycles. The third kappa shape index (κ3) is 4.57. The Morgan fingerprint density at radius 3 is 2.69 bits per heavy atom. The molecule has 0 saturated heterocycles. The number of furan rings is 1. The Hall–Kier alpha value is -2.92. The largest absolute Gasteiger partial charge is 0.461 e. The molecule has 11 heteroatoms. The van der Waals surface area contributed by atoms with Crippen LogP contribution in [0.15, 0.2) is 61.1 Å². The van der Waals surface area contributed by atoms with Crippen molar-refractivity contribution in [3.8, 4) is 23.0 Å². The number of nitrogens with two attached hydrogens (primary N) is 1. The zero-order valence-electron chi connectivity index (χ0n) is 15.0. The number of benzene rings is 1. The highest BCUT2D eigenvalue weighted by Crippen LogP contribution is 2.28. The minimum absolute atomic E-state index is 0.160. The molecule has 0 atom stereocenters. The molecule has 4 rings (SSSR count). The number of nitrogens with zero attached hydrogens (tertiary/aromatic N) is 5. The van der Waals surface area contributed by atoms with Gasteiger partial charge in [0.05, 0.1) is 12.0 Å². The molecule has 1 aromatic carbocycles. The summed E-state index contributed by atoms with van der Waals surface area (Å²) < 4.78 is 13.9. The summed E-state index contributed by atoms with van der Waals surface area (Å²) in [6.07, 6.45) is 1.71. The van der Waals surface area contributed by atoms with Crippen LogP contribution < -0.4 is 5.73 Å². The molecule has 3 heterocycles. The van der Waals surface area contributed by atoms with Gasteiger partial charge in [-0.05, 0) is 36.4 Å². The van der Waals surface area contributed by atoms with Gasteiger partial charge in [0, 0.05) is 23.0 Å². The second-order valence-electron chi connectivity index (χ2n) is 5.95. The van der Waals surface area contributed by atoms with Crippen molar-refractivity contribution in [3.63, 3.8) is 0 Å². The molecule has 0 saturated carbocycles. The van der Waals surface area contributed by atoms with Crippen LogP contribution in [0.1, 0.15) is 12.3 Å². The summed E-state index contributed by atoms with van der Waals surface area (Å²) in [6, 6.07) is 11.1. The van der Waals surface area contributed by atoms with E-state index in [2.05, 4.69) is 36.3 Å². The molecule has 0 aliphatic carbocycles. The van der Waals surface area contributed by atoms with Gasteiger partial charge in [0.2, 0.25) is 17.7 Å². The van der Waals surface area contributed by atoms with Crippen LogP contribution in [0.3, 0.4) is 0 Å². The Morgan fingerprint density at radius 2 is 1.97 bits per heavy atom. The van der Waals surface area contributed by atoms with Crippen LogP contribution >= 0.6 is 27.7 Å². The highest BCUT2D eigenvalue weighted by molar-refractivity contribution is 9.10. The highest BCUT2D eigenvalue weighted by Gasteiger charge is 2.18. The van der Waals surface area contributed by atoms with Crippen LogP contribution in [0.5, 0.6) is 0 Å². The van der Waals surface area contributed by atoms with Crippen LogP contribution in [0.4, 0.5) is 0 Å². The number of aromatic nitrogens is 5. The Morgan fingerprint density at radius 1 is 1.14 bits per heavy atom. The molecule has 0 unspecified atom stereocenters. The lowest BCUT2D eigenvalue weighted by Crippen LogP contribution is -2.15. The van der Waals surface area contributed by atoms with E-state index in [1.807, 2.05) is 24.3 Å². The lowest BCUT2D eigenvalue weighted by atomic mass is 10.2. The molecule has 9 nitrogen and oxygen atoms in total. The summed E-state index contributed by atoms with van der Waals surface area (Å²) in [5.41, 5.74) is 6.14. The second-order valence-corrected chi connectivity index (χ2v) is 7.81. The first kappa shape index (κ1) is 19.4. The van der Waals surface area contributed by atoms with E-state index in [1.54, 1.807) is 23.0 Å². The number of carbonyl (C=O) groups is 1. The van der Waals surface area contributed by atoms with E-state index in [4.69, 9.17) is 14.6 Å². The van der Waals surface area contributed by atoms with Gasteiger partial charge in [-0.25, -0.2) is 0 Å². The van der Waals surface area contributed by atoms with Gasteiger partial charge in [-0.3, -0.25) is 9.36 Å². The number of amides is 1. The Kier molecular flexibility index (Phi) is 5.76. The predicted octanol–water partition coefficient (Wildman–Crippen LogP) is 3.52. The molecule has 0 aliphatic heterocycles. The van der Waals surface area contributed by atoms with Gasteiger partial charge >= 0.3 is 0 Å². The molecule has 0 radical (unpaired) electrons. The molecular formula is C18H15BrN6O3S. The van der Waals surface area contributed by atoms with E-state index in [9.17, 15) is 4.79 Å². The fourth-order valence-electron chi connectivity index (χ4n) is 2.55. The normalized spacial score (nSPS) is 11.1. The molecule has 0 spiro atoms. The Balaban J connectivity index is 1.51. The summed E-state index contributed by atoms with van der Waals surface area (Å²) in [4.78, 5) is 11.2. The van der Waals surface area contributed by atoms with E-state index < -0.39 is 5.91 Å². The summed E-state index contributed by atoms with van der Waals surface area (Å²) in [5, 5.41) is 17.2. The average molecular weight is 475 g/mol. The second kappa shape index (κ2) is 8.62. The summed E-state index contributed by atoms with van der Waals surface area (Å²) in [5.74, 6) is 1.98. The summed E-state index contributed by atoms with van der Waals surface area (Å²) in [6.45, 7) is 0.342. The quantitative estimate of drug-likeness (QED) is 0.384. The number of carbonyl (C=O) groups excluding carboxylic acids is 1. The van der Waals surface area contributed by atoms with Crippen LogP contribution in [0.25, 0.3) is 23.0 Å². The molecular weight excluding hydrogens is 460 g/mol. The fourth-order valence-corrected chi connectivity index (χ4v) is 3.62. The number of rotatable bonds is 8. The Bertz CT molecular complexity index is 1110. The third-order valence-electron chi connectivity index (χ3n) is 3.92. The number of hydrogen-bond acceptors (Lipinski definition) is 8. The standard InChI is InChI=1S/C18H15BrN6O3S/c19-12-5-3-11(4-6-12)17-23-21-15(28-17)10-29-18-24-22-16(13-2-1-9-27-13)25(18)8-7-14(20)26/h1-6,9H,7-8,10H2,(H2,20,26). The van der Waals surface area contributed by atoms with Crippen LogP contribution in [-0.4, -0.2) is 30.9 Å². The van der Waals surface area contributed by atoms with Crippen molar-refractivity contribution < 1.29 is 13.6 Å². The fraction of sp³-hybridized carbons (Fsp3) is 0.167. The van der Waals surface area contributed by atoms with Gasteiger partial charge in [-0.15, -0.1) is 20.4 Å². The molecule has 1 amide bonds. The highest BCUT2D eigenvalue weighted by atomic mass is 79.9. The van der Waals surface area contributed by atoms with Gasteiger partial charge in [0.25, 0.3) is 0 Å². The summed E-state index contributed by atoms with van der Waals surface area (Å²) in [7, 11) is 0. The van der Waals surface area contributed by atoms with Crippen molar-refractivity contribution in [1.82, 2.24) is 25.0 Å². The monoisotopic (exact) mass is 474 g/mol. The van der Waals surface area contributed by atoms with Crippen molar-refractivity contribution in [2.24, 2.45) is 5.73 Å². The maximum Gasteiger partial charge on any atom is 0.247 e. The topological polar surface area (TPSA) is 126 Å². The average Bonchev–Trinajstić information content (AvgIpc) is 3.45. The van der Waals surface area contributed by atoms with Crippen LogP contribution in [0.2, 0.25) is 0 Å². The van der Waals surface area contributed by atoms with E-state index in [0.29, 0.717) is 40.8 Å². The molecule has 4 aromatic rings. The lowest BCUT2D eigenvalue weighted by molar-refractivity contribution is -0.118.